The summed E-state index contributed by atoms with van der Waals surface area (Å²) in [6, 6.07) is 1.43. The van der Waals surface area contributed by atoms with Gasteiger partial charge in [0.1, 0.15) is 24.6 Å². The van der Waals surface area contributed by atoms with Gasteiger partial charge in [0.2, 0.25) is 5.91 Å². The minimum atomic E-state index is -0.830. The summed E-state index contributed by atoms with van der Waals surface area (Å²) in [5.74, 6) is -1.61. The van der Waals surface area contributed by atoms with Crippen molar-refractivity contribution in [3.05, 3.63) is 60.6 Å². The van der Waals surface area contributed by atoms with E-state index in [-0.39, 0.29) is 48.1 Å². The van der Waals surface area contributed by atoms with Crippen LogP contribution >= 0.6 is 11.8 Å². The Morgan fingerprint density at radius 1 is 1.26 bits per heavy atom. The highest BCUT2D eigenvalue weighted by Crippen LogP contribution is 2.52. The predicted octanol–water partition coefficient (Wildman–Crippen LogP) is 2.43. The van der Waals surface area contributed by atoms with Crippen LogP contribution in [0.1, 0.15) is 20.3 Å². The third kappa shape index (κ3) is 4.76. The topological polar surface area (TPSA) is 119 Å². The summed E-state index contributed by atoms with van der Waals surface area (Å²) in [5, 5.41) is 14.5. The Kier molecular flexibility index (Phi) is 7.59. The van der Waals surface area contributed by atoms with Gasteiger partial charge in [-0.25, -0.2) is 14.1 Å². The van der Waals surface area contributed by atoms with Gasteiger partial charge in [0.25, 0.3) is 0 Å². The molecular weight excluding hydrogens is 522 g/mol. The summed E-state index contributed by atoms with van der Waals surface area (Å²) >= 11 is 1.50. The summed E-state index contributed by atoms with van der Waals surface area (Å²) < 4.78 is 14.6. The average molecular weight is 556 g/mol. The smallest absolute Gasteiger partial charge is 0.410 e. The van der Waals surface area contributed by atoms with Crippen LogP contribution in [0.15, 0.2) is 60.6 Å². The Hall–Kier alpha value is -3.51. The van der Waals surface area contributed by atoms with Crippen LogP contribution < -0.4 is 0 Å². The number of nitrogens with zero attached hydrogens (tertiary/aromatic N) is 5. The number of fused-ring (bicyclic) bond motifs is 2. The second kappa shape index (κ2) is 10.9. The molecule has 12 heteroatoms. The van der Waals surface area contributed by atoms with Crippen LogP contribution in [0.25, 0.3) is 5.65 Å². The number of hydrogen-bond donors (Lipinski definition) is 1. The maximum Gasteiger partial charge on any atom is 0.410 e. The van der Waals surface area contributed by atoms with E-state index in [0.717, 1.165) is 10.6 Å². The highest BCUT2D eigenvalue weighted by atomic mass is 32.2. The van der Waals surface area contributed by atoms with Gasteiger partial charge >= 0.3 is 12.1 Å². The van der Waals surface area contributed by atoms with Gasteiger partial charge in [-0.3, -0.25) is 4.79 Å². The van der Waals surface area contributed by atoms with Crippen molar-refractivity contribution in [2.45, 2.75) is 50.3 Å². The zero-order chi connectivity index (χ0) is 27.8. The van der Waals surface area contributed by atoms with Gasteiger partial charge < -0.3 is 28.9 Å². The number of ether oxygens (including phenoxy) is 2. The number of β-lactam (4-membered cyclic amide) rings is 1. The molecule has 208 valence electrons. The van der Waals surface area contributed by atoms with Crippen molar-refractivity contribution in [1.29, 1.82) is 0 Å². The maximum absolute atomic E-state index is 13.1. The van der Waals surface area contributed by atoms with Crippen LogP contribution in [0.3, 0.4) is 0 Å². The van der Waals surface area contributed by atoms with E-state index in [1.165, 1.54) is 28.8 Å². The number of rotatable bonds is 10. The minimum absolute atomic E-state index is 0.0234. The van der Waals surface area contributed by atoms with Crippen LogP contribution in [0.4, 0.5) is 4.79 Å². The molecule has 11 nitrogen and oxygen atoms in total. The molecule has 0 aliphatic carbocycles. The summed E-state index contributed by atoms with van der Waals surface area (Å²) in [5.41, 5.74) is 1.15. The lowest BCUT2D eigenvalue weighted by atomic mass is 9.79. The quantitative estimate of drug-likeness (QED) is 0.270. The number of carbonyl (C=O) groups is 3. The normalized spacial score (nSPS) is 26.9. The first-order valence-corrected chi connectivity index (χ1v) is 13.9. The van der Waals surface area contributed by atoms with Gasteiger partial charge in [0, 0.05) is 47.6 Å². The number of hydrogen-bond acceptors (Lipinski definition) is 8. The van der Waals surface area contributed by atoms with Crippen molar-refractivity contribution >= 4 is 35.4 Å². The van der Waals surface area contributed by atoms with Crippen molar-refractivity contribution in [3.8, 4) is 0 Å². The zero-order valence-corrected chi connectivity index (χ0v) is 22.8. The molecule has 5 rings (SSSR count). The number of esters is 1. The molecule has 6 atom stereocenters. The molecule has 0 radical (unpaired) electrons. The lowest BCUT2D eigenvalue weighted by Crippen LogP contribution is -2.63. The summed E-state index contributed by atoms with van der Waals surface area (Å²) in [6.45, 7) is 11.9. The lowest BCUT2D eigenvalue weighted by molar-refractivity contribution is -0.164. The monoisotopic (exact) mass is 555 g/mol. The number of carbonyl (C=O) groups excluding carboxylic acids is 3. The number of likely N-dealkylation sites (tertiary alicyclic amines) is 1. The fourth-order valence-corrected chi connectivity index (χ4v) is 7.43. The second-order valence-electron chi connectivity index (χ2n) is 10.1. The lowest BCUT2D eigenvalue weighted by Gasteiger charge is -2.46. The van der Waals surface area contributed by atoms with Crippen LogP contribution in [-0.4, -0.2) is 90.3 Å². The fourth-order valence-electron chi connectivity index (χ4n) is 5.87. The van der Waals surface area contributed by atoms with Crippen LogP contribution in [0.2, 0.25) is 0 Å². The molecule has 2 aromatic rings. The van der Waals surface area contributed by atoms with Gasteiger partial charge in [-0.2, -0.15) is 5.10 Å². The van der Waals surface area contributed by atoms with E-state index in [0.29, 0.717) is 19.5 Å². The van der Waals surface area contributed by atoms with Crippen molar-refractivity contribution in [1.82, 2.24) is 24.0 Å². The molecule has 3 aliphatic heterocycles. The third-order valence-electron chi connectivity index (χ3n) is 7.60. The molecular formula is C27H33N5O6S. The molecule has 0 saturated carbocycles. The second-order valence-corrected chi connectivity index (χ2v) is 11.4. The summed E-state index contributed by atoms with van der Waals surface area (Å²) in [7, 11) is 0. The third-order valence-corrected chi connectivity index (χ3v) is 9.10. The van der Waals surface area contributed by atoms with Crippen molar-refractivity contribution in [2.24, 2.45) is 11.8 Å². The number of amides is 2. The molecule has 39 heavy (non-hydrogen) atoms. The molecule has 1 N–H and O–H groups in total. The van der Waals surface area contributed by atoms with Crippen LogP contribution in [0.5, 0.6) is 0 Å². The number of aromatic nitrogens is 3. The van der Waals surface area contributed by atoms with E-state index in [4.69, 9.17) is 9.47 Å². The van der Waals surface area contributed by atoms with Crippen molar-refractivity contribution in [3.63, 3.8) is 0 Å². The Bertz CT molecular complexity index is 1330. The zero-order valence-electron chi connectivity index (χ0n) is 22.0. The number of aliphatic hydroxyl groups excluding tert-OH is 1. The highest BCUT2D eigenvalue weighted by molar-refractivity contribution is 8.03. The van der Waals surface area contributed by atoms with E-state index in [1.54, 1.807) is 22.5 Å². The molecule has 2 amide bonds. The summed E-state index contributed by atoms with van der Waals surface area (Å²) in [6.07, 6.45) is 7.92. The Labute approximate surface area is 230 Å². The molecule has 0 aromatic carbocycles. The average Bonchev–Trinajstić information content (AvgIpc) is 3.66. The molecule has 2 aromatic heterocycles. The van der Waals surface area contributed by atoms with Crippen LogP contribution in [0, 0.1) is 11.8 Å². The van der Waals surface area contributed by atoms with Gasteiger partial charge in [0.15, 0.2) is 0 Å². The molecule has 0 unspecified atom stereocenters. The highest BCUT2D eigenvalue weighted by Gasteiger charge is 2.60. The fraction of sp³-hybridized carbons (Fsp3) is 0.481. The van der Waals surface area contributed by atoms with E-state index in [1.807, 2.05) is 30.0 Å². The first kappa shape index (κ1) is 27.1. The Balaban J connectivity index is 1.41. The van der Waals surface area contributed by atoms with E-state index < -0.39 is 24.1 Å². The Morgan fingerprint density at radius 2 is 2.00 bits per heavy atom. The van der Waals surface area contributed by atoms with E-state index >= 15 is 0 Å². The van der Waals surface area contributed by atoms with E-state index in [2.05, 4.69) is 18.3 Å². The van der Waals surface area contributed by atoms with Gasteiger partial charge in [-0.05, 0) is 13.3 Å². The molecule has 0 bridgehead atoms. The first-order valence-electron chi connectivity index (χ1n) is 13.0. The van der Waals surface area contributed by atoms with Crippen molar-refractivity contribution in [2.75, 3.05) is 19.8 Å². The SMILES string of the molecule is C=CCOC(=O)C1=C(S[C@H]2C[C@@H](Cn3ccn4nccc34)N(C(=O)OCC=C)C2)[C@H](C)[C@@H]2[C@@H]([C@@H](C)O)C(=O)N12. The van der Waals surface area contributed by atoms with Crippen molar-refractivity contribution < 1.29 is 29.0 Å². The largest absolute Gasteiger partial charge is 0.457 e. The number of imidazole rings is 1. The van der Waals surface area contributed by atoms with E-state index in [9.17, 15) is 19.5 Å². The van der Waals surface area contributed by atoms with Crippen LogP contribution in [-0.2, 0) is 25.6 Å². The molecule has 2 fully saturated rings. The van der Waals surface area contributed by atoms with Gasteiger partial charge in [0.05, 0.1) is 30.3 Å². The maximum atomic E-state index is 13.1. The molecule has 5 heterocycles. The first-order chi connectivity index (χ1) is 18.8. The number of thioether (sulfide) groups is 1. The van der Waals surface area contributed by atoms with Gasteiger partial charge in [-0.1, -0.05) is 32.2 Å². The standard InChI is InChI=1S/C27H33N5O6S/c1-5-11-37-26(35)23-24(16(3)22-21(17(4)33)25(34)32(22)23)39-19-13-18(30(15-19)27(36)38-12-6-2)14-29-9-10-31-20(29)7-8-28-31/h5-10,16-19,21-22,33H,1-2,11-15H2,3-4H3/t16-,17-,18+,19+,21-,22-/m1/s1. The predicted molar refractivity (Wildman–Crippen MR) is 144 cm³/mol. The summed E-state index contributed by atoms with van der Waals surface area (Å²) in [4.78, 5) is 43.0. The minimum Gasteiger partial charge on any atom is -0.457 e. The Morgan fingerprint density at radius 3 is 2.72 bits per heavy atom. The van der Waals surface area contributed by atoms with Gasteiger partial charge in [-0.15, -0.1) is 11.8 Å². The molecule has 0 spiro atoms. The number of aliphatic hydroxyl groups is 1. The molecule has 2 saturated heterocycles. The molecule has 3 aliphatic rings.